The second-order valence-electron chi connectivity index (χ2n) is 6.39. The third-order valence-electron chi connectivity index (χ3n) is 3.70. The van der Waals surface area contributed by atoms with Crippen LogP contribution in [0.3, 0.4) is 0 Å². The molecule has 1 aromatic carbocycles. The van der Waals surface area contributed by atoms with Crippen molar-refractivity contribution in [3.8, 4) is 5.75 Å². The van der Waals surface area contributed by atoms with Gasteiger partial charge in [-0.3, -0.25) is 4.79 Å². The van der Waals surface area contributed by atoms with Crippen molar-refractivity contribution in [3.05, 3.63) is 23.8 Å². The molecule has 1 aliphatic rings. The Hall–Kier alpha value is -1.59. The van der Waals surface area contributed by atoms with E-state index in [1.54, 1.807) is 13.8 Å². The van der Waals surface area contributed by atoms with E-state index in [4.69, 9.17) is 10.5 Å². The molecule has 2 rings (SSSR count). The number of hydrogen-bond donors (Lipinski definition) is 1. The van der Waals surface area contributed by atoms with Gasteiger partial charge in [0.15, 0.2) is 5.60 Å². The van der Waals surface area contributed by atoms with E-state index in [0.717, 1.165) is 23.5 Å². The summed E-state index contributed by atoms with van der Waals surface area (Å²) in [6.45, 7) is 6.97. The summed E-state index contributed by atoms with van der Waals surface area (Å²) < 4.78 is 5.86. The van der Waals surface area contributed by atoms with Crippen molar-refractivity contribution in [1.29, 1.82) is 0 Å². The number of benzene rings is 1. The summed E-state index contributed by atoms with van der Waals surface area (Å²) in [5.74, 6) is 0.724. The predicted octanol–water partition coefficient (Wildman–Crippen LogP) is 1.77. The van der Waals surface area contributed by atoms with Gasteiger partial charge in [0.1, 0.15) is 5.75 Å². The lowest BCUT2D eigenvalue weighted by atomic mass is 10.0. The third-order valence-corrected chi connectivity index (χ3v) is 3.70. The smallest absolute Gasteiger partial charge is 0.270 e. The zero-order valence-electron chi connectivity index (χ0n) is 13.5. The fraction of sp³-hybridized carbons (Fsp3) is 0.562. The summed E-state index contributed by atoms with van der Waals surface area (Å²) in [4.78, 5) is 16.5. The molecule has 0 saturated carbocycles. The van der Waals surface area contributed by atoms with Gasteiger partial charge in [-0.2, -0.15) is 0 Å². The van der Waals surface area contributed by atoms with Crippen LogP contribution in [0.25, 0.3) is 0 Å². The lowest BCUT2D eigenvalue weighted by Crippen LogP contribution is -2.53. The Balaban J connectivity index is 2.42. The number of anilines is 1. The number of rotatable bonds is 4. The van der Waals surface area contributed by atoms with Crippen LogP contribution in [-0.2, 0) is 4.79 Å². The maximum atomic E-state index is 12.7. The van der Waals surface area contributed by atoms with Crippen LogP contribution < -0.4 is 15.4 Å². The standard InChI is InChI=1S/C16H25N3O2/c1-11(17)12-6-7-14-13(10-12)19(9-8-18(4)5)15(20)16(2,3)21-14/h6-7,10-11H,8-9,17H2,1-5H3. The summed E-state index contributed by atoms with van der Waals surface area (Å²) in [6, 6.07) is 5.75. The molecular formula is C16H25N3O2. The van der Waals surface area contributed by atoms with Crippen molar-refractivity contribution in [1.82, 2.24) is 4.90 Å². The molecule has 21 heavy (non-hydrogen) atoms. The molecule has 0 radical (unpaired) electrons. The number of carbonyl (C=O) groups excluding carboxylic acids is 1. The summed E-state index contributed by atoms with van der Waals surface area (Å²) >= 11 is 0. The van der Waals surface area contributed by atoms with Gasteiger partial charge in [-0.05, 0) is 52.6 Å². The molecule has 2 N–H and O–H groups in total. The highest BCUT2D eigenvalue weighted by Crippen LogP contribution is 2.39. The van der Waals surface area contributed by atoms with E-state index in [2.05, 4.69) is 4.90 Å². The average molecular weight is 291 g/mol. The monoisotopic (exact) mass is 291 g/mol. The summed E-state index contributed by atoms with van der Waals surface area (Å²) in [5.41, 5.74) is 6.93. The third kappa shape index (κ3) is 3.19. The Labute approximate surface area is 126 Å². The molecule has 116 valence electrons. The number of amides is 1. The maximum Gasteiger partial charge on any atom is 0.270 e. The van der Waals surface area contributed by atoms with Crippen LogP contribution in [0.4, 0.5) is 5.69 Å². The topological polar surface area (TPSA) is 58.8 Å². The van der Waals surface area contributed by atoms with Gasteiger partial charge >= 0.3 is 0 Å². The molecule has 1 amide bonds. The molecule has 0 aliphatic carbocycles. The number of ether oxygens (including phenoxy) is 1. The number of nitrogens with two attached hydrogens (primary N) is 1. The van der Waals surface area contributed by atoms with Gasteiger partial charge in [0.2, 0.25) is 0 Å². The number of nitrogens with zero attached hydrogens (tertiary/aromatic N) is 2. The van der Waals surface area contributed by atoms with Gasteiger partial charge < -0.3 is 20.3 Å². The molecule has 0 spiro atoms. The van der Waals surface area contributed by atoms with E-state index in [1.807, 2.05) is 44.1 Å². The minimum absolute atomic E-state index is 0.0151. The highest BCUT2D eigenvalue weighted by Gasteiger charge is 2.40. The number of likely N-dealkylation sites (N-methyl/N-ethyl adjacent to an activating group) is 1. The molecule has 1 aromatic rings. The van der Waals surface area contributed by atoms with E-state index >= 15 is 0 Å². The molecule has 1 unspecified atom stereocenters. The Morgan fingerprint density at radius 2 is 2.05 bits per heavy atom. The molecule has 0 aromatic heterocycles. The Morgan fingerprint density at radius 1 is 1.38 bits per heavy atom. The van der Waals surface area contributed by atoms with Crippen LogP contribution >= 0.6 is 0 Å². The van der Waals surface area contributed by atoms with Gasteiger partial charge in [0.25, 0.3) is 5.91 Å². The van der Waals surface area contributed by atoms with Gasteiger partial charge in [-0.25, -0.2) is 0 Å². The van der Waals surface area contributed by atoms with Crippen molar-refractivity contribution in [2.24, 2.45) is 5.73 Å². The largest absolute Gasteiger partial charge is 0.476 e. The van der Waals surface area contributed by atoms with Crippen molar-refractivity contribution in [2.45, 2.75) is 32.4 Å². The summed E-state index contributed by atoms with van der Waals surface area (Å²) in [5, 5.41) is 0. The lowest BCUT2D eigenvalue weighted by Gasteiger charge is -2.39. The first-order valence-corrected chi connectivity index (χ1v) is 7.27. The van der Waals surface area contributed by atoms with Crippen molar-refractivity contribution >= 4 is 11.6 Å². The van der Waals surface area contributed by atoms with Crippen LogP contribution in [0.2, 0.25) is 0 Å². The molecule has 0 bridgehead atoms. The molecule has 1 atom stereocenters. The molecular weight excluding hydrogens is 266 g/mol. The van der Waals surface area contributed by atoms with Gasteiger partial charge in [0.05, 0.1) is 5.69 Å². The Bertz CT molecular complexity index is 538. The predicted molar refractivity (Wildman–Crippen MR) is 84.7 cm³/mol. The van der Waals surface area contributed by atoms with E-state index in [-0.39, 0.29) is 11.9 Å². The SMILES string of the molecule is CC(N)c1ccc2c(c1)N(CCN(C)C)C(=O)C(C)(C)O2. The van der Waals surface area contributed by atoms with Crippen LogP contribution in [0.15, 0.2) is 18.2 Å². The van der Waals surface area contributed by atoms with Crippen LogP contribution in [0, 0.1) is 0 Å². The maximum absolute atomic E-state index is 12.7. The van der Waals surface area contributed by atoms with Crippen LogP contribution in [0.5, 0.6) is 5.75 Å². The van der Waals surface area contributed by atoms with Crippen LogP contribution in [-0.4, -0.2) is 43.6 Å². The zero-order valence-corrected chi connectivity index (χ0v) is 13.5. The molecule has 5 nitrogen and oxygen atoms in total. The van der Waals surface area contributed by atoms with E-state index in [0.29, 0.717) is 6.54 Å². The van der Waals surface area contributed by atoms with Crippen molar-refractivity contribution in [3.63, 3.8) is 0 Å². The summed E-state index contributed by atoms with van der Waals surface area (Å²) in [7, 11) is 3.99. The summed E-state index contributed by atoms with van der Waals surface area (Å²) in [6.07, 6.45) is 0. The molecule has 5 heteroatoms. The van der Waals surface area contributed by atoms with Gasteiger partial charge in [-0.15, -0.1) is 0 Å². The fourth-order valence-corrected chi connectivity index (χ4v) is 2.39. The molecule has 1 heterocycles. The minimum Gasteiger partial charge on any atom is -0.476 e. The van der Waals surface area contributed by atoms with Crippen LogP contribution in [0.1, 0.15) is 32.4 Å². The van der Waals surface area contributed by atoms with Crippen molar-refractivity contribution in [2.75, 3.05) is 32.1 Å². The Kier molecular flexibility index (Phi) is 4.25. The molecule has 0 saturated heterocycles. The van der Waals surface area contributed by atoms with E-state index in [1.165, 1.54) is 0 Å². The highest BCUT2D eigenvalue weighted by atomic mass is 16.5. The minimum atomic E-state index is -0.838. The second-order valence-corrected chi connectivity index (χ2v) is 6.39. The van der Waals surface area contributed by atoms with Crippen molar-refractivity contribution < 1.29 is 9.53 Å². The quantitative estimate of drug-likeness (QED) is 0.918. The zero-order chi connectivity index (χ0) is 15.8. The number of fused-ring (bicyclic) bond motifs is 1. The first kappa shape index (κ1) is 15.8. The molecule has 0 fully saturated rings. The van der Waals surface area contributed by atoms with Gasteiger partial charge in [-0.1, -0.05) is 6.07 Å². The Morgan fingerprint density at radius 3 is 2.62 bits per heavy atom. The first-order chi connectivity index (χ1) is 9.72. The van der Waals surface area contributed by atoms with E-state index in [9.17, 15) is 4.79 Å². The van der Waals surface area contributed by atoms with E-state index < -0.39 is 5.60 Å². The lowest BCUT2D eigenvalue weighted by molar-refractivity contribution is -0.132. The normalized spacial score (nSPS) is 18.4. The fourth-order valence-electron chi connectivity index (χ4n) is 2.39. The number of carbonyl (C=O) groups is 1. The highest BCUT2D eigenvalue weighted by molar-refractivity contribution is 6.02. The molecule has 1 aliphatic heterocycles. The van der Waals surface area contributed by atoms with Gasteiger partial charge in [0, 0.05) is 19.1 Å². The second kappa shape index (κ2) is 5.66. The average Bonchev–Trinajstić information content (AvgIpc) is 2.38. The number of hydrogen-bond acceptors (Lipinski definition) is 4. The first-order valence-electron chi connectivity index (χ1n) is 7.27.